The molecule has 6 heteroatoms. The Morgan fingerprint density at radius 1 is 0.870 bits per heavy atom. The van der Waals surface area contributed by atoms with Crippen LogP contribution in [-0.2, 0) is 14.2 Å². The first-order valence-corrected chi connectivity index (χ1v) is 8.07. The van der Waals surface area contributed by atoms with E-state index in [9.17, 15) is 0 Å². The van der Waals surface area contributed by atoms with Crippen molar-refractivity contribution in [3.63, 3.8) is 0 Å². The van der Waals surface area contributed by atoms with E-state index in [0.29, 0.717) is 46.2 Å². The zero-order valence-corrected chi connectivity index (χ0v) is 14.4. The highest BCUT2D eigenvalue weighted by Crippen LogP contribution is 2.11. The zero-order valence-electron chi connectivity index (χ0n) is 13.5. The van der Waals surface area contributed by atoms with Gasteiger partial charge in [0.05, 0.1) is 39.6 Å². The summed E-state index contributed by atoms with van der Waals surface area (Å²) in [5, 5.41) is 5.57. The molecular weight excluding hydrogens is 314 g/mol. The first-order valence-electron chi connectivity index (χ1n) is 7.62. The molecule has 0 spiro atoms. The van der Waals surface area contributed by atoms with Crippen molar-refractivity contribution in [2.45, 2.75) is 0 Å². The number of thiol groups is 1. The highest BCUT2D eigenvalue weighted by Gasteiger charge is 1.95. The Labute approximate surface area is 144 Å². The summed E-state index contributed by atoms with van der Waals surface area (Å²) in [6.07, 6.45) is 0. The molecule has 0 saturated carbocycles. The van der Waals surface area contributed by atoms with E-state index in [4.69, 9.17) is 18.9 Å². The molecule has 0 amide bonds. The molecule has 0 saturated heterocycles. The lowest BCUT2D eigenvalue weighted by Crippen LogP contribution is -2.17. The molecule has 0 atom stereocenters. The number of hydrogen-bond donors (Lipinski definition) is 2. The van der Waals surface area contributed by atoms with E-state index in [0.717, 1.165) is 17.9 Å². The normalized spacial score (nSPS) is 10.2. The van der Waals surface area contributed by atoms with Gasteiger partial charge in [0, 0.05) is 12.1 Å². The van der Waals surface area contributed by atoms with E-state index in [-0.39, 0.29) is 0 Å². The Hall–Kier alpha value is -1.23. The average molecular weight is 339 g/mol. The van der Waals surface area contributed by atoms with Crippen molar-refractivity contribution >= 4 is 12.6 Å². The smallest absolute Gasteiger partial charge is 0.119 e. The minimum absolute atomic E-state index is 0.505. The summed E-state index contributed by atoms with van der Waals surface area (Å²) in [5.74, 6) is 3.66. The molecule has 1 aromatic carbocycles. The molecule has 1 rings (SSSR count). The molecule has 0 heterocycles. The van der Waals surface area contributed by atoms with E-state index in [1.807, 2.05) is 31.3 Å². The van der Waals surface area contributed by atoms with Crippen molar-refractivity contribution in [2.75, 3.05) is 59.8 Å². The molecule has 1 aromatic rings. The Kier molecular flexibility index (Phi) is 12.4. The second-order valence-electron chi connectivity index (χ2n) is 4.55. The third kappa shape index (κ3) is 11.0. The highest BCUT2D eigenvalue weighted by molar-refractivity contribution is 7.85. The van der Waals surface area contributed by atoms with E-state index in [1.54, 1.807) is 0 Å². The number of nitrogens with one attached hydrogen (secondary N) is 1. The van der Waals surface area contributed by atoms with Crippen LogP contribution in [0.4, 0.5) is 0 Å². The van der Waals surface area contributed by atoms with Crippen LogP contribution in [0.2, 0.25) is 0 Å². The van der Waals surface area contributed by atoms with Crippen molar-refractivity contribution in [3.05, 3.63) is 29.8 Å². The minimum atomic E-state index is 0.505. The Morgan fingerprint density at radius 2 is 1.43 bits per heavy atom. The van der Waals surface area contributed by atoms with Gasteiger partial charge < -0.3 is 24.3 Å². The predicted molar refractivity (Wildman–Crippen MR) is 94.2 cm³/mol. The molecule has 0 unspecified atom stereocenters. The average Bonchev–Trinajstić information content (AvgIpc) is 2.57. The lowest BCUT2D eigenvalue weighted by Gasteiger charge is -2.08. The maximum absolute atomic E-state index is 5.56. The molecule has 0 bridgehead atoms. The van der Waals surface area contributed by atoms with Gasteiger partial charge in [-0.1, -0.05) is 18.5 Å². The Balaban J connectivity index is 1.90. The van der Waals surface area contributed by atoms with Gasteiger partial charge in [-0.15, -0.1) is 0 Å². The van der Waals surface area contributed by atoms with Gasteiger partial charge >= 0.3 is 0 Å². The van der Waals surface area contributed by atoms with Gasteiger partial charge in [-0.05, 0) is 36.6 Å². The van der Waals surface area contributed by atoms with Crippen LogP contribution in [-0.4, -0.2) is 59.8 Å². The van der Waals surface area contributed by atoms with Crippen LogP contribution >= 0.6 is 12.6 Å². The molecule has 0 fully saturated rings. The van der Waals surface area contributed by atoms with Gasteiger partial charge in [0.15, 0.2) is 0 Å². The standard InChI is InChI=1S/C17H25NO4S/c1-18-7-8-19-9-10-20-11-12-21-13-14-22-17-4-2-16(3-5-17)6-15-23/h2-5,18,23H,7-14H2,1H3. The second-order valence-corrected chi connectivity index (χ2v) is 4.77. The van der Waals surface area contributed by atoms with E-state index in [1.165, 1.54) is 0 Å². The van der Waals surface area contributed by atoms with Crippen LogP contribution in [0.1, 0.15) is 5.56 Å². The van der Waals surface area contributed by atoms with Gasteiger partial charge in [-0.2, -0.15) is 0 Å². The third-order valence-electron chi connectivity index (χ3n) is 2.79. The Bertz CT molecular complexity index is 456. The fraction of sp³-hybridized carbons (Fsp3) is 0.529. The summed E-state index contributed by atoms with van der Waals surface area (Å²) in [6, 6.07) is 7.55. The van der Waals surface area contributed by atoms with Crippen LogP contribution in [0.15, 0.2) is 24.3 Å². The van der Waals surface area contributed by atoms with Gasteiger partial charge in [0.2, 0.25) is 0 Å². The monoisotopic (exact) mass is 339 g/mol. The predicted octanol–water partition coefficient (Wildman–Crippen LogP) is 1.57. The van der Waals surface area contributed by atoms with E-state index >= 15 is 0 Å². The molecule has 23 heavy (non-hydrogen) atoms. The first-order chi connectivity index (χ1) is 11.4. The Morgan fingerprint density at radius 3 is 2.00 bits per heavy atom. The van der Waals surface area contributed by atoms with Gasteiger partial charge in [-0.3, -0.25) is 0 Å². The van der Waals surface area contributed by atoms with Crippen molar-refractivity contribution < 1.29 is 18.9 Å². The molecule has 0 aliphatic carbocycles. The molecule has 0 aromatic heterocycles. The summed E-state index contributed by atoms with van der Waals surface area (Å²) < 4.78 is 21.7. The number of rotatable bonds is 13. The maximum Gasteiger partial charge on any atom is 0.119 e. The molecule has 128 valence electrons. The molecule has 5 nitrogen and oxygen atoms in total. The summed E-state index contributed by atoms with van der Waals surface area (Å²) in [4.78, 5) is 0. The van der Waals surface area contributed by atoms with Crippen molar-refractivity contribution in [3.8, 4) is 16.9 Å². The largest absolute Gasteiger partial charge is 0.491 e. The van der Waals surface area contributed by atoms with Crippen molar-refractivity contribution in [1.29, 1.82) is 0 Å². The number of benzene rings is 1. The van der Waals surface area contributed by atoms with Crippen LogP contribution in [0.3, 0.4) is 0 Å². The zero-order chi connectivity index (χ0) is 16.6. The van der Waals surface area contributed by atoms with Crippen LogP contribution in [0, 0.1) is 11.2 Å². The van der Waals surface area contributed by atoms with Gasteiger partial charge in [-0.25, -0.2) is 0 Å². The third-order valence-corrected chi connectivity index (χ3v) is 2.90. The molecular formula is C17H25NO4S. The van der Waals surface area contributed by atoms with E-state index in [2.05, 4.69) is 29.1 Å². The van der Waals surface area contributed by atoms with Crippen molar-refractivity contribution in [1.82, 2.24) is 5.32 Å². The van der Waals surface area contributed by atoms with Crippen LogP contribution < -0.4 is 10.1 Å². The topological polar surface area (TPSA) is 49.0 Å². The van der Waals surface area contributed by atoms with Gasteiger partial charge in [0.1, 0.15) is 12.4 Å². The summed E-state index contributed by atoms with van der Waals surface area (Å²) in [5.41, 5.74) is 0.913. The summed E-state index contributed by atoms with van der Waals surface area (Å²) >= 11 is 3.86. The molecule has 0 aliphatic rings. The van der Waals surface area contributed by atoms with Crippen LogP contribution in [0.25, 0.3) is 0 Å². The minimum Gasteiger partial charge on any atom is -0.491 e. The fourth-order valence-electron chi connectivity index (χ4n) is 1.63. The lowest BCUT2D eigenvalue weighted by molar-refractivity contribution is 0.0100. The number of ether oxygens (including phenoxy) is 4. The lowest BCUT2D eigenvalue weighted by atomic mass is 10.2. The number of hydrogen-bond acceptors (Lipinski definition) is 6. The SMILES string of the molecule is CNCCOCCOCCOCCOc1ccc(C#CS)cc1. The van der Waals surface area contributed by atoms with Gasteiger partial charge in [0.25, 0.3) is 0 Å². The quantitative estimate of drug-likeness (QED) is 0.325. The first kappa shape index (κ1) is 19.8. The van der Waals surface area contributed by atoms with Crippen molar-refractivity contribution in [2.24, 2.45) is 0 Å². The fourth-order valence-corrected chi connectivity index (χ4v) is 1.76. The summed E-state index contributed by atoms with van der Waals surface area (Å²) in [6.45, 7) is 4.90. The molecule has 0 aliphatic heterocycles. The second kappa shape index (κ2) is 14.4. The number of likely N-dealkylation sites (N-methyl/N-ethyl adjacent to an activating group) is 1. The van der Waals surface area contributed by atoms with E-state index < -0.39 is 0 Å². The molecule has 0 radical (unpaired) electrons. The summed E-state index contributed by atoms with van der Waals surface area (Å²) in [7, 11) is 1.90. The molecule has 1 N–H and O–H groups in total. The van der Waals surface area contributed by atoms with Crippen LogP contribution in [0.5, 0.6) is 5.75 Å². The maximum atomic E-state index is 5.56. The highest BCUT2D eigenvalue weighted by atomic mass is 32.1.